The van der Waals surface area contributed by atoms with Gasteiger partial charge in [0.15, 0.2) is 0 Å². The van der Waals surface area contributed by atoms with Crippen molar-refractivity contribution in [2.24, 2.45) is 0 Å². The minimum absolute atomic E-state index is 0.544. The highest BCUT2D eigenvalue weighted by molar-refractivity contribution is 5.32. The van der Waals surface area contributed by atoms with Crippen molar-refractivity contribution in [1.29, 1.82) is 0 Å². The van der Waals surface area contributed by atoms with Crippen LogP contribution in [-0.4, -0.2) is 40.9 Å². The maximum Gasteiger partial charge on any atom is 0.224 e. The Kier molecular flexibility index (Phi) is 4.50. The largest absolute Gasteiger partial charge is 0.338 e. The fourth-order valence-corrected chi connectivity index (χ4v) is 2.94. The molecule has 1 aliphatic rings. The number of H-pyrrole nitrogens is 1. The molecule has 0 unspecified atom stereocenters. The predicted molar refractivity (Wildman–Crippen MR) is 84.5 cm³/mol. The maximum absolute atomic E-state index is 4.30. The van der Waals surface area contributed by atoms with Crippen LogP contribution in [0.4, 0.5) is 5.95 Å². The van der Waals surface area contributed by atoms with Crippen LogP contribution in [-0.2, 0) is 6.42 Å². The Balaban J connectivity index is 1.72. The van der Waals surface area contributed by atoms with E-state index < -0.39 is 0 Å². The summed E-state index contributed by atoms with van der Waals surface area (Å²) in [6.07, 6.45) is 3.35. The van der Waals surface area contributed by atoms with Crippen LogP contribution in [0.25, 0.3) is 0 Å². The average molecular weight is 285 g/mol. The summed E-state index contributed by atoms with van der Waals surface area (Å²) >= 11 is 0. The lowest BCUT2D eigenvalue weighted by Gasteiger charge is -2.34. The van der Waals surface area contributed by atoms with Crippen molar-refractivity contribution in [2.75, 3.05) is 24.5 Å². The van der Waals surface area contributed by atoms with Gasteiger partial charge >= 0.3 is 0 Å². The van der Waals surface area contributed by atoms with E-state index in [2.05, 4.69) is 55.7 Å². The summed E-state index contributed by atoms with van der Waals surface area (Å²) in [5.74, 6) is 1.79. The predicted octanol–water partition coefficient (Wildman–Crippen LogP) is 1.91. The molecule has 5 heteroatoms. The number of rotatable bonds is 5. The topological polar surface area (TPSA) is 56.8 Å². The zero-order chi connectivity index (χ0) is 14.5. The van der Waals surface area contributed by atoms with E-state index in [-0.39, 0.29) is 0 Å². The van der Waals surface area contributed by atoms with Crippen LogP contribution in [0.1, 0.15) is 24.2 Å². The Labute approximate surface area is 125 Å². The summed E-state index contributed by atoms with van der Waals surface area (Å²) in [6.45, 7) is 5.09. The molecule has 1 saturated heterocycles. The highest BCUT2D eigenvalue weighted by Crippen LogP contribution is 2.18. The highest BCUT2D eigenvalue weighted by atomic mass is 15.4. The van der Waals surface area contributed by atoms with Gasteiger partial charge in [-0.1, -0.05) is 30.3 Å². The Morgan fingerprint density at radius 2 is 1.90 bits per heavy atom. The molecular weight excluding hydrogens is 262 g/mol. The molecule has 2 N–H and O–H groups in total. The second kappa shape index (κ2) is 6.72. The summed E-state index contributed by atoms with van der Waals surface area (Å²) in [5, 5.41) is 11.9. The lowest BCUT2D eigenvalue weighted by molar-refractivity contribution is 0.426. The first-order valence-electron chi connectivity index (χ1n) is 7.73. The van der Waals surface area contributed by atoms with Gasteiger partial charge in [0, 0.05) is 12.6 Å². The molecular formula is C16H23N5. The Hall–Kier alpha value is -1.88. The third-order valence-electron chi connectivity index (χ3n) is 4.09. The number of aryl methyl sites for hydroxylation is 1. The van der Waals surface area contributed by atoms with Gasteiger partial charge in [-0.15, -0.1) is 10.2 Å². The number of aromatic amines is 1. The van der Waals surface area contributed by atoms with Crippen molar-refractivity contribution in [2.45, 2.75) is 32.2 Å². The first-order valence-corrected chi connectivity index (χ1v) is 7.73. The number of anilines is 1. The fraction of sp³-hybridized carbons (Fsp3) is 0.500. The molecule has 1 aromatic carbocycles. The number of aromatic nitrogens is 3. The van der Waals surface area contributed by atoms with Gasteiger partial charge < -0.3 is 15.2 Å². The quantitative estimate of drug-likeness (QED) is 0.881. The first kappa shape index (κ1) is 14.1. The van der Waals surface area contributed by atoms with Crippen molar-refractivity contribution in [1.82, 2.24) is 20.5 Å². The van der Waals surface area contributed by atoms with Gasteiger partial charge in [-0.05, 0) is 44.8 Å². The maximum atomic E-state index is 4.30. The van der Waals surface area contributed by atoms with Gasteiger partial charge in [-0.3, -0.25) is 0 Å². The molecule has 0 saturated carbocycles. The number of nitrogens with one attached hydrogen (secondary N) is 2. The van der Waals surface area contributed by atoms with E-state index in [1.165, 1.54) is 5.56 Å². The second-order valence-corrected chi connectivity index (χ2v) is 5.64. The van der Waals surface area contributed by atoms with E-state index >= 15 is 0 Å². The summed E-state index contributed by atoms with van der Waals surface area (Å²) in [6, 6.07) is 11.2. The Bertz CT molecular complexity index is 545. The molecule has 1 aliphatic heterocycles. The van der Waals surface area contributed by atoms with E-state index in [0.29, 0.717) is 6.04 Å². The molecule has 0 bridgehead atoms. The lowest BCUT2D eigenvalue weighted by Crippen LogP contribution is -2.44. The van der Waals surface area contributed by atoms with Crippen LogP contribution in [0.3, 0.4) is 0 Å². The van der Waals surface area contributed by atoms with Crippen LogP contribution in [0.15, 0.2) is 30.3 Å². The van der Waals surface area contributed by atoms with Gasteiger partial charge in [-0.25, -0.2) is 0 Å². The van der Waals surface area contributed by atoms with Gasteiger partial charge in [0.2, 0.25) is 5.95 Å². The van der Waals surface area contributed by atoms with E-state index in [0.717, 1.165) is 50.7 Å². The number of nitrogens with zero attached hydrogens (tertiary/aromatic N) is 3. The zero-order valence-electron chi connectivity index (χ0n) is 12.5. The van der Waals surface area contributed by atoms with Crippen molar-refractivity contribution in [3.63, 3.8) is 0 Å². The normalized spacial score (nSPS) is 16.0. The smallest absolute Gasteiger partial charge is 0.224 e. The first-order chi connectivity index (χ1) is 10.3. The molecule has 2 heterocycles. The summed E-state index contributed by atoms with van der Waals surface area (Å²) in [7, 11) is 0. The van der Waals surface area contributed by atoms with Crippen molar-refractivity contribution in [3.05, 3.63) is 41.7 Å². The van der Waals surface area contributed by atoms with E-state index in [1.54, 1.807) is 0 Å². The SMILES string of the molecule is Cc1nnc(N(CCc2ccccc2)C2CCNCC2)[nH]1. The van der Waals surface area contributed by atoms with Crippen LogP contribution in [0.5, 0.6) is 0 Å². The summed E-state index contributed by atoms with van der Waals surface area (Å²) < 4.78 is 0. The molecule has 1 aromatic heterocycles. The van der Waals surface area contributed by atoms with Crippen LogP contribution in [0, 0.1) is 6.92 Å². The monoisotopic (exact) mass is 285 g/mol. The van der Waals surface area contributed by atoms with Crippen molar-refractivity contribution >= 4 is 5.95 Å². The molecule has 0 amide bonds. The zero-order valence-corrected chi connectivity index (χ0v) is 12.5. The molecule has 1 fully saturated rings. The average Bonchev–Trinajstić information content (AvgIpc) is 2.96. The third kappa shape index (κ3) is 3.61. The molecule has 3 rings (SSSR count). The van der Waals surface area contributed by atoms with Crippen LogP contribution in [0.2, 0.25) is 0 Å². The number of hydrogen-bond acceptors (Lipinski definition) is 4. The van der Waals surface area contributed by atoms with Gasteiger partial charge in [-0.2, -0.15) is 0 Å². The van der Waals surface area contributed by atoms with Crippen molar-refractivity contribution in [3.8, 4) is 0 Å². The third-order valence-corrected chi connectivity index (χ3v) is 4.09. The Morgan fingerprint density at radius 3 is 2.57 bits per heavy atom. The second-order valence-electron chi connectivity index (χ2n) is 5.64. The van der Waals surface area contributed by atoms with E-state index in [1.807, 2.05) is 6.92 Å². The molecule has 5 nitrogen and oxygen atoms in total. The fourth-order valence-electron chi connectivity index (χ4n) is 2.94. The van der Waals surface area contributed by atoms with Crippen molar-refractivity contribution < 1.29 is 0 Å². The number of piperidine rings is 1. The molecule has 21 heavy (non-hydrogen) atoms. The molecule has 112 valence electrons. The standard InChI is InChI=1S/C16H23N5/c1-13-18-16(20-19-13)21(15-7-10-17-11-8-15)12-9-14-5-3-2-4-6-14/h2-6,15,17H,7-12H2,1H3,(H,18,19,20). The number of benzene rings is 1. The Morgan fingerprint density at radius 1 is 1.14 bits per heavy atom. The minimum atomic E-state index is 0.544. The lowest BCUT2D eigenvalue weighted by atomic mass is 10.0. The molecule has 0 radical (unpaired) electrons. The molecule has 0 atom stereocenters. The van der Waals surface area contributed by atoms with E-state index in [9.17, 15) is 0 Å². The van der Waals surface area contributed by atoms with Gasteiger partial charge in [0.1, 0.15) is 5.82 Å². The van der Waals surface area contributed by atoms with Gasteiger partial charge in [0.25, 0.3) is 0 Å². The number of hydrogen-bond donors (Lipinski definition) is 2. The molecule has 0 aliphatic carbocycles. The molecule has 0 spiro atoms. The minimum Gasteiger partial charge on any atom is -0.338 e. The van der Waals surface area contributed by atoms with Gasteiger partial charge in [0.05, 0.1) is 0 Å². The van der Waals surface area contributed by atoms with Crippen LogP contribution < -0.4 is 10.2 Å². The summed E-state index contributed by atoms with van der Waals surface area (Å²) in [5.41, 5.74) is 1.37. The van der Waals surface area contributed by atoms with Crippen LogP contribution >= 0.6 is 0 Å². The summed E-state index contributed by atoms with van der Waals surface area (Å²) in [4.78, 5) is 5.69. The highest BCUT2D eigenvalue weighted by Gasteiger charge is 2.23. The van der Waals surface area contributed by atoms with E-state index in [4.69, 9.17) is 0 Å². The molecule has 2 aromatic rings.